The highest BCUT2D eigenvalue weighted by atomic mass is 32.1. The van der Waals surface area contributed by atoms with Crippen molar-refractivity contribution in [3.63, 3.8) is 0 Å². The lowest BCUT2D eigenvalue weighted by Crippen LogP contribution is -2.52. The van der Waals surface area contributed by atoms with Crippen LogP contribution in [0.5, 0.6) is 0 Å². The molecule has 0 spiro atoms. The van der Waals surface area contributed by atoms with Gasteiger partial charge in [0.05, 0.1) is 0 Å². The SMILES string of the molecule is S=c1[nH]nc(-c2cccnc2)n1C12CC3CC(CC(C3)C1)C2. The van der Waals surface area contributed by atoms with Crippen molar-refractivity contribution < 1.29 is 0 Å². The zero-order valence-corrected chi connectivity index (χ0v) is 13.4. The van der Waals surface area contributed by atoms with E-state index in [4.69, 9.17) is 12.2 Å². The fourth-order valence-electron chi connectivity index (χ4n) is 5.76. The number of hydrogen-bond acceptors (Lipinski definition) is 3. The maximum absolute atomic E-state index is 5.63. The molecule has 0 aromatic carbocycles. The van der Waals surface area contributed by atoms with Gasteiger partial charge < -0.3 is 0 Å². The van der Waals surface area contributed by atoms with Crippen molar-refractivity contribution in [3.05, 3.63) is 29.3 Å². The van der Waals surface area contributed by atoms with Crippen molar-refractivity contribution in [1.82, 2.24) is 19.7 Å². The van der Waals surface area contributed by atoms with Crippen LogP contribution < -0.4 is 0 Å². The van der Waals surface area contributed by atoms with Crippen LogP contribution in [0.15, 0.2) is 24.5 Å². The van der Waals surface area contributed by atoms with Crippen LogP contribution in [-0.4, -0.2) is 19.7 Å². The lowest BCUT2D eigenvalue weighted by molar-refractivity contribution is -0.0430. The Balaban J connectivity index is 1.67. The molecule has 2 aromatic heterocycles. The molecule has 0 unspecified atom stereocenters. The Labute approximate surface area is 135 Å². The predicted molar refractivity (Wildman–Crippen MR) is 86.8 cm³/mol. The van der Waals surface area contributed by atoms with Crippen molar-refractivity contribution in [2.75, 3.05) is 0 Å². The zero-order chi connectivity index (χ0) is 14.7. The maximum Gasteiger partial charge on any atom is 0.195 e. The first-order chi connectivity index (χ1) is 10.7. The van der Waals surface area contributed by atoms with Crippen molar-refractivity contribution in [2.24, 2.45) is 17.8 Å². The Morgan fingerprint density at radius 1 is 1.14 bits per heavy atom. The molecule has 4 nitrogen and oxygen atoms in total. The molecule has 4 fully saturated rings. The molecule has 4 aliphatic rings. The summed E-state index contributed by atoms with van der Waals surface area (Å²) in [5.41, 5.74) is 1.26. The fourth-order valence-corrected chi connectivity index (χ4v) is 6.09. The maximum atomic E-state index is 5.63. The van der Waals surface area contributed by atoms with Crippen LogP contribution in [0.1, 0.15) is 38.5 Å². The van der Waals surface area contributed by atoms with E-state index in [9.17, 15) is 0 Å². The van der Waals surface area contributed by atoms with Gasteiger partial charge in [0, 0.05) is 23.5 Å². The summed E-state index contributed by atoms with van der Waals surface area (Å²) in [5.74, 6) is 3.65. The Morgan fingerprint density at radius 3 is 2.41 bits per heavy atom. The van der Waals surface area contributed by atoms with Gasteiger partial charge in [-0.25, -0.2) is 0 Å². The van der Waals surface area contributed by atoms with Gasteiger partial charge in [-0.15, -0.1) is 0 Å². The lowest BCUT2D eigenvalue weighted by atomic mass is 9.53. The monoisotopic (exact) mass is 312 g/mol. The van der Waals surface area contributed by atoms with Gasteiger partial charge in [-0.3, -0.25) is 14.6 Å². The molecule has 4 bridgehead atoms. The average molecular weight is 312 g/mol. The summed E-state index contributed by atoms with van der Waals surface area (Å²) in [6.07, 6.45) is 11.8. The lowest BCUT2D eigenvalue weighted by Gasteiger charge is -2.57. The number of nitrogens with zero attached hydrogens (tertiary/aromatic N) is 3. The fraction of sp³-hybridized carbons (Fsp3) is 0.588. The van der Waals surface area contributed by atoms with Gasteiger partial charge >= 0.3 is 0 Å². The minimum absolute atomic E-state index is 0.198. The Hall–Kier alpha value is -1.49. The number of rotatable bonds is 2. The van der Waals surface area contributed by atoms with Crippen molar-refractivity contribution >= 4 is 12.2 Å². The Bertz CT molecular complexity index is 725. The van der Waals surface area contributed by atoms with Crippen LogP contribution in [0.4, 0.5) is 0 Å². The molecule has 6 rings (SSSR count). The number of aromatic nitrogens is 4. The molecule has 5 heteroatoms. The first kappa shape index (κ1) is 13.0. The van der Waals surface area contributed by atoms with Crippen molar-refractivity contribution in [2.45, 2.75) is 44.1 Å². The molecule has 2 heterocycles. The van der Waals surface area contributed by atoms with Gasteiger partial charge in [0.15, 0.2) is 10.6 Å². The molecule has 4 saturated carbocycles. The first-order valence-corrected chi connectivity index (χ1v) is 8.73. The molecule has 22 heavy (non-hydrogen) atoms. The molecular formula is C17H20N4S. The van der Waals surface area contributed by atoms with E-state index in [1.165, 1.54) is 38.5 Å². The zero-order valence-electron chi connectivity index (χ0n) is 12.5. The summed E-state index contributed by atoms with van der Waals surface area (Å²) >= 11 is 5.63. The summed E-state index contributed by atoms with van der Waals surface area (Å²) in [4.78, 5) is 4.26. The summed E-state index contributed by atoms with van der Waals surface area (Å²) in [6.45, 7) is 0. The molecule has 4 aliphatic carbocycles. The summed E-state index contributed by atoms with van der Waals surface area (Å²) in [7, 11) is 0. The van der Waals surface area contributed by atoms with Crippen LogP contribution in [0.2, 0.25) is 0 Å². The van der Waals surface area contributed by atoms with E-state index >= 15 is 0 Å². The van der Waals surface area contributed by atoms with Crippen LogP contribution in [0, 0.1) is 22.5 Å². The van der Waals surface area contributed by atoms with Gasteiger partial charge in [0.1, 0.15) is 0 Å². The minimum Gasteiger partial charge on any atom is -0.294 e. The average Bonchev–Trinajstić information content (AvgIpc) is 2.89. The van der Waals surface area contributed by atoms with E-state index in [1.807, 2.05) is 12.3 Å². The third-order valence-electron chi connectivity index (χ3n) is 6.07. The molecule has 1 N–H and O–H groups in total. The highest BCUT2D eigenvalue weighted by Crippen LogP contribution is 2.59. The second-order valence-corrected chi connectivity index (χ2v) is 7.96. The number of hydrogen-bond donors (Lipinski definition) is 1. The van der Waals surface area contributed by atoms with Gasteiger partial charge in [-0.2, -0.15) is 5.10 Å². The van der Waals surface area contributed by atoms with E-state index in [0.717, 1.165) is 33.9 Å². The second kappa shape index (κ2) is 4.51. The predicted octanol–water partition coefficient (Wildman–Crippen LogP) is 3.93. The molecule has 0 saturated heterocycles. The highest BCUT2D eigenvalue weighted by molar-refractivity contribution is 7.71. The molecule has 0 aliphatic heterocycles. The second-order valence-electron chi connectivity index (χ2n) is 7.57. The van der Waals surface area contributed by atoms with Crippen LogP contribution in [0.3, 0.4) is 0 Å². The summed E-state index contributed by atoms with van der Waals surface area (Å²) < 4.78 is 3.13. The first-order valence-electron chi connectivity index (χ1n) is 8.32. The normalized spacial score (nSPS) is 35.9. The highest BCUT2D eigenvalue weighted by Gasteiger charge is 2.52. The van der Waals surface area contributed by atoms with Gasteiger partial charge in [-0.05, 0) is 80.6 Å². The van der Waals surface area contributed by atoms with Crippen LogP contribution in [-0.2, 0) is 5.54 Å². The topological polar surface area (TPSA) is 46.5 Å². The number of aromatic amines is 1. The van der Waals surface area contributed by atoms with Crippen molar-refractivity contribution in [3.8, 4) is 11.4 Å². The minimum atomic E-state index is 0.198. The number of H-pyrrole nitrogens is 1. The molecule has 0 radical (unpaired) electrons. The third kappa shape index (κ3) is 1.78. The van der Waals surface area contributed by atoms with E-state index in [-0.39, 0.29) is 5.54 Å². The molecule has 114 valence electrons. The standard InChI is InChI=1S/C17H20N4S/c22-16-20-19-15(14-2-1-3-18-10-14)21(16)17-7-11-4-12(8-17)6-13(5-11)9-17/h1-3,10-13H,4-9H2,(H,20,22). The van der Waals surface area contributed by atoms with E-state index in [2.05, 4.69) is 25.8 Å². The summed E-state index contributed by atoms with van der Waals surface area (Å²) in [6, 6.07) is 4.05. The largest absolute Gasteiger partial charge is 0.294 e. The van der Waals surface area contributed by atoms with Gasteiger partial charge in [0.25, 0.3) is 0 Å². The Morgan fingerprint density at radius 2 is 1.82 bits per heavy atom. The summed E-state index contributed by atoms with van der Waals surface area (Å²) in [5, 5.41) is 7.60. The van der Waals surface area contributed by atoms with Crippen molar-refractivity contribution in [1.29, 1.82) is 0 Å². The third-order valence-corrected chi connectivity index (χ3v) is 6.35. The van der Waals surface area contributed by atoms with Gasteiger partial charge in [-0.1, -0.05) is 0 Å². The molecule has 0 amide bonds. The van der Waals surface area contributed by atoms with Crippen LogP contribution >= 0.6 is 12.2 Å². The number of nitrogens with one attached hydrogen (secondary N) is 1. The quantitative estimate of drug-likeness (QED) is 0.855. The van der Waals surface area contributed by atoms with Crippen LogP contribution in [0.25, 0.3) is 11.4 Å². The van der Waals surface area contributed by atoms with E-state index in [0.29, 0.717) is 0 Å². The molecule has 0 atom stereocenters. The Kier molecular flexibility index (Phi) is 2.66. The van der Waals surface area contributed by atoms with E-state index in [1.54, 1.807) is 6.20 Å². The molecule has 2 aromatic rings. The van der Waals surface area contributed by atoms with Gasteiger partial charge in [0.2, 0.25) is 0 Å². The van der Waals surface area contributed by atoms with E-state index < -0.39 is 0 Å². The number of pyridine rings is 1. The smallest absolute Gasteiger partial charge is 0.195 e. The molecular weight excluding hydrogens is 292 g/mol.